The van der Waals surface area contributed by atoms with Gasteiger partial charge in [-0.25, -0.2) is 4.79 Å². The van der Waals surface area contributed by atoms with Gasteiger partial charge < -0.3 is 5.11 Å². The van der Waals surface area contributed by atoms with Crippen LogP contribution in [0, 0.1) is 0 Å². The molecular weight excluding hydrogens is 384 g/mol. The second kappa shape index (κ2) is 8.15. The van der Waals surface area contributed by atoms with E-state index in [4.69, 9.17) is 5.11 Å². The zero-order chi connectivity index (χ0) is 21.2. The van der Waals surface area contributed by atoms with Gasteiger partial charge in [0, 0.05) is 24.0 Å². The number of pyridine rings is 2. The molecule has 2 aromatic heterocycles. The number of aromatic nitrogens is 2. The maximum atomic E-state index is 10.6. The third-order valence-electron chi connectivity index (χ3n) is 5.99. The quantitative estimate of drug-likeness (QED) is 0.337. The van der Waals surface area contributed by atoms with Crippen molar-refractivity contribution in [3.05, 3.63) is 95.9 Å². The first-order chi connectivity index (χ1) is 15.2. The van der Waals surface area contributed by atoms with Crippen molar-refractivity contribution in [2.75, 3.05) is 0 Å². The smallest absolute Gasteiger partial charge is 0.337 e. The predicted molar refractivity (Wildman–Crippen MR) is 125 cm³/mol. The summed E-state index contributed by atoms with van der Waals surface area (Å²) < 4.78 is 0. The third kappa shape index (κ3) is 3.73. The molecule has 0 fully saturated rings. The maximum Gasteiger partial charge on any atom is 0.337 e. The Bertz CT molecular complexity index is 1430. The lowest BCUT2D eigenvalue weighted by molar-refractivity contribution is 0.0696. The standard InChI is InChI=1S/C18H16.C9H6N2O2/c1-3-7-15-13(5-1)9-11-18-16-8-4-2-6-14(16)10-12-17(15)18;12-9(13)7-3-6-4-10-2-1-8(6)11-5-7/h1,3,5,7,9-12H,2,4,6,8H2;1-5H,(H,12,13). The van der Waals surface area contributed by atoms with E-state index in [0.717, 1.165) is 10.9 Å². The van der Waals surface area contributed by atoms with Gasteiger partial charge in [0.05, 0.1) is 11.1 Å². The van der Waals surface area contributed by atoms with E-state index in [0.29, 0.717) is 0 Å². The highest BCUT2D eigenvalue weighted by molar-refractivity contribution is 6.08. The highest BCUT2D eigenvalue weighted by Gasteiger charge is 2.13. The summed E-state index contributed by atoms with van der Waals surface area (Å²) in [5, 5.41) is 15.1. The highest BCUT2D eigenvalue weighted by atomic mass is 16.4. The molecule has 0 atom stereocenters. The molecule has 152 valence electrons. The van der Waals surface area contributed by atoms with E-state index in [9.17, 15) is 4.79 Å². The molecule has 0 radical (unpaired) electrons. The molecule has 0 saturated carbocycles. The van der Waals surface area contributed by atoms with Crippen LogP contribution in [0.25, 0.3) is 32.4 Å². The largest absolute Gasteiger partial charge is 0.478 e. The van der Waals surface area contributed by atoms with Crippen molar-refractivity contribution in [1.29, 1.82) is 0 Å². The van der Waals surface area contributed by atoms with Crippen molar-refractivity contribution in [1.82, 2.24) is 9.97 Å². The summed E-state index contributed by atoms with van der Waals surface area (Å²) in [4.78, 5) is 18.4. The predicted octanol–water partition coefficient (Wildman–Crippen LogP) is 6.20. The summed E-state index contributed by atoms with van der Waals surface area (Å²) in [6.45, 7) is 0. The number of fused-ring (bicyclic) bond motifs is 6. The first-order valence-electron chi connectivity index (χ1n) is 10.6. The van der Waals surface area contributed by atoms with E-state index in [1.54, 1.807) is 35.7 Å². The van der Waals surface area contributed by atoms with E-state index < -0.39 is 5.97 Å². The average Bonchev–Trinajstić information content (AvgIpc) is 2.83. The van der Waals surface area contributed by atoms with E-state index in [1.165, 1.54) is 53.4 Å². The molecule has 1 aliphatic rings. The summed E-state index contributed by atoms with van der Waals surface area (Å²) in [7, 11) is 0. The molecule has 4 nitrogen and oxygen atoms in total. The average molecular weight is 406 g/mol. The van der Waals surface area contributed by atoms with Crippen LogP contribution in [0.2, 0.25) is 0 Å². The minimum Gasteiger partial charge on any atom is -0.478 e. The first kappa shape index (κ1) is 19.2. The van der Waals surface area contributed by atoms with Crippen molar-refractivity contribution < 1.29 is 9.90 Å². The molecule has 0 unspecified atom stereocenters. The maximum absolute atomic E-state index is 10.6. The Labute approximate surface area is 180 Å². The van der Waals surface area contributed by atoms with Crippen LogP contribution in [0.15, 0.2) is 79.3 Å². The van der Waals surface area contributed by atoms with E-state index in [-0.39, 0.29) is 5.56 Å². The topological polar surface area (TPSA) is 63.1 Å². The second-order valence-corrected chi connectivity index (χ2v) is 7.89. The minimum atomic E-state index is -0.974. The summed E-state index contributed by atoms with van der Waals surface area (Å²) in [6.07, 6.45) is 9.77. The van der Waals surface area contributed by atoms with Crippen molar-refractivity contribution in [3.63, 3.8) is 0 Å². The molecule has 1 N–H and O–H groups in total. The Morgan fingerprint density at radius 1 is 0.806 bits per heavy atom. The van der Waals surface area contributed by atoms with E-state index in [1.807, 2.05) is 0 Å². The molecule has 5 aromatic rings. The van der Waals surface area contributed by atoms with Crippen LogP contribution in [0.5, 0.6) is 0 Å². The second-order valence-electron chi connectivity index (χ2n) is 7.89. The molecule has 2 heterocycles. The van der Waals surface area contributed by atoms with Crippen molar-refractivity contribution in [2.45, 2.75) is 25.7 Å². The molecule has 0 aliphatic heterocycles. The number of nitrogens with zero attached hydrogens (tertiary/aromatic N) is 2. The number of aromatic carboxylic acids is 1. The molecule has 0 saturated heterocycles. The lowest BCUT2D eigenvalue weighted by atomic mass is 9.86. The Morgan fingerprint density at radius 3 is 2.55 bits per heavy atom. The summed E-state index contributed by atoms with van der Waals surface area (Å²) >= 11 is 0. The first-order valence-corrected chi connectivity index (χ1v) is 10.6. The monoisotopic (exact) mass is 406 g/mol. The fourth-order valence-corrected chi connectivity index (χ4v) is 4.43. The molecule has 6 rings (SSSR count). The molecule has 4 heteroatoms. The van der Waals surface area contributed by atoms with Gasteiger partial charge in [-0.05, 0) is 70.5 Å². The number of hydrogen-bond donors (Lipinski definition) is 1. The number of hydrogen-bond acceptors (Lipinski definition) is 3. The number of carboxylic acid groups (broad SMARTS) is 1. The fourth-order valence-electron chi connectivity index (χ4n) is 4.43. The fraction of sp³-hybridized carbons (Fsp3) is 0.148. The van der Waals surface area contributed by atoms with Crippen LogP contribution < -0.4 is 0 Å². The Hall–Kier alpha value is -3.79. The number of aryl methyl sites for hydroxylation is 2. The Kier molecular flexibility index (Phi) is 5.04. The molecule has 0 spiro atoms. The lowest BCUT2D eigenvalue weighted by Gasteiger charge is -2.18. The van der Waals surface area contributed by atoms with Gasteiger partial charge in [0.15, 0.2) is 0 Å². The molecule has 0 bridgehead atoms. The Morgan fingerprint density at radius 2 is 1.65 bits per heavy atom. The van der Waals surface area contributed by atoms with Gasteiger partial charge in [-0.1, -0.05) is 48.5 Å². The third-order valence-corrected chi connectivity index (χ3v) is 5.99. The number of rotatable bonds is 1. The van der Waals surface area contributed by atoms with Crippen LogP contribution in [-0.2, 0) is 12.8 Å². The summed E-state index contributed by atoms with van der Waals surface area (Å²) in [5.41, 5.74) is 4.11. The van der Waals surface area contributed by atoms with Crippen LogP contribution in [0.1, 0.15) is 34.3 Å². The normalized spacial score (nSPS) is 12.9. The van der Waals surface area contributed by atoms with Gasteiger partial charge in [0.2, 0.25) is 0 Å². The van der Waals surface area contributed by atoms with Gasteiger partial charge in [-0.3, -0.25) is 9.97 Å². The van der Waals surface area contributed by atoms with E-state index in [2.05, 4.69) is 58.5 Å². The minimum absolute atomic E-state index is 0.181. The van der Waals surface area contributed by atoms with Gasteiger partial charge in [-0.15, -0.1) is 0 Å². The van der Waals surface area contributed by atoms with Crippen molar-refractivity contribution in [3.8, 4) is 0 Å². The number of carbonyl (C=O) groups is 1. The van der Waals surface area contributed by atoms with Crippen LogP contribution in [0.4, 0.5) is 0 Å². The highest BCUT2D eigenvalue weighted by Crippen LogP contribution is 2.33. The zero-order valence-corrected chi connectivity index (χ0v) is 17.1. The summed E-state index contributed by atoms with van der Waals surface area (Å²) in [5.74, 6) is -0.974. The zero-order valence-electron chi connectivity index (χ0n) is 17.1. The van der Waals surface area contributed by atoms with Crippen molar-refractivity contribution in [2.24, 2.45) is 0 Å². The van der Waals surface area contributed by atoms with Gasteiger partial charge >= 0.3 is 5.97 Å². The molecule has 31 heavy (non-hydrogen) atoms. The number of benzene rings is 3. The van der Waals surface area contributed by atoms with Gasteiger partial charge in [0.25, 0.3) is 0 Å². The van der Waals surface area contributed by atoms with Gasteiger partial charge in [-0.2, -0.15) is 0 Å². The summed E-state index contributed by atoms with van der Waals surface area (Å²) in [6, 6.07) is 21.3. The van der Waals surface area contributed by atoms with Gasteiger partial charge in [0.1, 0.15) is 0 Å². The molecule has 0 amide bonds. The molecular formula is C27H22N2O2. The van der Waals surface area contributed by atoms with Crippen LogP contribution in [-0.4, -0.2) is 21.0 Å². The molecule has 3 aromatic carbocycles. The Balaban J connectivity index is 0.000000140. The van der Waals surface area contributed by atoms with Crippen molar-refractivity contribution >= 4 is 38.4 Å². The van der Waals surface area contributed by atoms with Crippen LogP contribution >= 0.6 is 0 Å². The van der Waals surface area contributed by atoms with E-state index >= 15 is 0 Å². The number of carboxylic acids is 1. The van der Waals surface area contributed by atoms with Crippen LogP contribution in [0.3, 0.4) is 0 Å². The lowest BCUT2D eigenvalue weighted by Crippen LogP contribution is -2.02. The molecule has 1 aliphatic carbocycles. The SMILES string of the molecule is O=C(O)c1cnc2ccncc2c1.c1ccc2c(c1)ccc1c3c(ccc12)CCCC3.